The summed E-state index contributed by atoms with van der Waals surface area (Å²) in [6.45, 7) is 24.1. The Morgan fingerprint density at radius 1 is 0.700 bits per heavy atom. The van der Waals surface area contributed by atoms with Crippen molar-refractivity contribution in [2.45, 2.75) is 115 Å². The fourth-order valence-corrected chi connectivity index (χ4v) is 1.97. The van der Waals surface area contributed by atoms with Crippen LogP contribution in [-0.4, -0.2) is 0 Å². The third-order valence-electron chi connectivity index (χ3n) is 3.89. The smallest absolute Gasteiger partial charge is 0.0354 e. The van der Waals surface area contributed by atoms with Gasteiger partial charge >= 0.3 is 0 Å². The van der Waals surface area contributed by atoms with E-state index in [-0.39, 0.29) is 0 Å². The molecule has 0 spiro atoms. The summed E-state index contributed by atoms with van der Waals surface area (Å²) in [7, 11) is 0. The summed E-state index contributed by atoms with van der Waals surface area (Å²) in [5, 5.41) is 0. The van der Waals surface area contributed by atoms with E-state index in [9.17, 15) is 0 Å². The average molecular weight is 287 g/mol. The minimum atomic E-state index is 0.542. The molecule has 0 N–H and O–H groups in total. The molecule has 0 aromatic carbocycles. The standard InChI is InChI=1S/C10H20.C6H14.2C2H6/c1-10(2,3)9-7-5-4-6-8-9;1-5-6(2,3)4;2*1-2/h9H,4-8H2,1-3H3;5H2,1-4H3;2*1-2H3. The predicted octanol–water partition coefficient (Wildman–Crippen LogP) is 8.11. The van der Waals surface area contributed by atoms with E-state index in [4.69, 9.17) is 0 Å². The van der Waals surface area contributed by atoms with Crippen molar-refractivity contribution in [3.05, 3.63) is 0 Å². The summed E-state index contributed by atoms with van der Waals surface area (Å²) in [5.74, 6) is 1.00. The first kappa shape index (κ1) is 25.0. The number of hydrogen-bond donors (Lipinski definition) is 0. The van der Waals surface area contributed by atoms with Gasteiger partial charge in [0.05, 0.1) is 0 Å². The van der Waals surface area contributed by atoms with Crippen molar-refractivity contribution in [2.24, 2.45) is 16.7 Å². The minimum Gasteiger partial charge on any atom is -0.0683 e. The van der Waals surface area contributed by atoms with Crippen molar-refractivity contribution in [1.82, 2.24) is 0 Å². The summed E-state index contributed by atoms with van der Waals surface area (Å²) in [6.07, 6.45) is 8.65. The van der Waals surface area contributed by atoms with Crippen LogP contribution in [0.4, 0.5) is 0 Å². The van der Waals surface area contributed by atoms with Gasteiger partial charge in [-0.1, -0.05) is 102 Å². The van der Waals surface area contributed by atoms with Gasteiger partial charge in [0.15, 0.2) is 0 Å². The molecule has 1 aliphatic carbocycles. The Balaban J connectivity index is -0.000000250. The van der Waals surface area contributed by atoms with Crippen LogP contribution in [0.5, 0.6) is 0 Å². The Morgan fingerprint density at radius 2 is 1.00 bits per heavy atom. The molecule has 0 aromatic heterocycles. The van der Waals surface area contributed by atoms with Gasteiger partial charge < -0.3 is 0 Å². The molecule has 0 amide bonds. The topological polar surface area (TPSA) is 0 Å². The highest BCUT2D eigenvalue weighted by molar-refractivity contribution is 4.76. The molecule has 0 aromatic rings. The lowest BCUT2D eigenvalue weighted by Gasteiger charge is -2.33. The Bertz CT molecular complexity index is 159. The first-order valence-corrected chi connectivity index (χ1v) is 9.17. The predicted molar refractivity (Wildman–Crippen MR) is 98.5 cm³/mol. The molecule has 126 valence electrons. The highest BCUT2D eigenvalue weighted by Gasteiger charge is 2.25. The van der Waals surface area contributed by atoms with Gasteiger partial charge in [0.1, 0.15) is 0 Å². The molecule has 0 bridgehead atoms. The third kappa shape index (κ3) is 18.0. The van der Waals surface area contributed by atoms with E-state index >= 15 is 0 Å². The van der Waals surface area contributed by atoms with Gasteiger partial charge in [0, 0.05) is 0 Å². The Hall–Kier alpha value is 0. The largest absolute Gasteiger partial charge is 0.0683 e. The number of rotatable bonds is 0. The summed E-state index contributed by atoms with van der Waals surface area (Å²) >= 11 is 0. The first-order valence-electron chi connectivity index (χ1n) is 9.17. The molecule has 1 rings (SSSR count). The Morgan fingerprint density at radius 3 is 1.15 bits per heavy atom. The van der Waals surface area contributed by atoms with Crippen molar-refractivity contribution in [3.8, 4) is 0 Å². The SMILES string of the molecule is CC.CC.CC(C)(C)C1CCCCC1.CCC(C)(C)C. The second-order valence-electron chi connectivity index (χ2n) is 7.62. The second kappa shape index (κ2) is 14.0. The molecule has 1 saturated carbocycles. The fraction of sp³-hybridized carbons (Fsp3) is 1.00. The maximum atomic E-state index is 2.38. The van der Waals surface area contributed by atoms with Crippen molar-refractivity contribution >= 4 is 0 Å². The summed E-state index contributed by atoms with van der Waals surface area (Å²) in [4.78, 5) is 0. The summed E-state index contributed by atoms with van der Waals surface area (Å²) < 4.78 is 0. The van der Waals surface area contributed by atoms with Crippen LogP contribution >= 0.6 is 0 Å². The van der Waals surface area contributed by atoms with Crippen LogP contribution in [0.15, 0.2) is 0 Å². The highest BCUT2D eigenvalue weighted by atomic mass is 14.3. The molecule has 0 unspecified atom stereocenters. The zero-order chi connectivity index (χ0) is 16.8. The highest BCUT2D eigenvalue weighted by Crippen LogP contribution is 2.37. The minimum absolute atomic E-state index is 0.542. The lowest BCUT2D eigenvalue weighted by Crippen LogP contribution is -2.22. The van der Waals surface area contributed by atoms with Crippen molar-refractivity contribution < 1.29 is 0 Å². The van der Waals surface area contributed by atoms with Crippen molar-refractivity contribution in [2.75, 3.05) is 0 Å². The molecule has 1 aliphatic rings. The van der Waals surface area contributed by atoms with Crippen molar-refractivity contribution in [3.63, 3.8) is 0 Å². The van der Waals surface area contributed by atoms with Crippen LogP contribution in [-0.2, 0) is 0 Å². The number of hydrogen-bond acceptors (Lipinski definition) is 0. The molecule has 0 aliphatic heterocycles. The van der Waals surface area contributed by atoms with E-state index in [0.717, 1.165) is 5.92 Å². The van der Waals surface area contributed by atoms with Gasteiger partial charge in [-0.3, -0.25) is 0 Å². The monoisotopic (exact) mass is 286 g/mol. The van der Waals surface area contributed by atoms with Gasteiger partial charge in [0.2, 0.25) is 0 Å². The normalized spacial score (nSPS) is 15.8. The van der Waals surface area contributed by atoms with E-state index < -0.39 is 0 Å². The molecular weight excluding hydrogens is 240 g/mol. The zero-order valence-corrected chi connectivity index (χ0v) is 16.8. The lowest BCUT2D eigenvalue weighted by atomic mass is 9.72. The van der Waals surface area contributed by atoms with E-state index in [1.165, 1.54) is 38.5 Å². The molecule has 20 heavy (non-hydrogen) atoms. The van der Waals surface area contributed by atoms with Crippen LogP contribution in [0, 0.1) is 16.7 Å². The van der Waals surface area contributed by atoms with Crippen molar-refractivity contribution in [1.29, 1.82) is 0 Å². The third-order valence-corrected chi connectivity index (χ3v) is 3.89. The van der Waals surface area contributed by atoms with Gasteiger partial charge in [-0.2, -0.15) is 0 Å². The van der Waals surface area contributed by atoms with Crippen LogP contribution in [0.25, 0.3) is 0 Å². The molecule has 0 nitrogen and oxygen atoms in total. The van der Waals surface area contributed by atoms with Crippen LogP contribution < -0.4 is 0 Å². The lowest BCUT2D eigenvalue weighted by molar-refractivity contribution is 0.180. The van der Waals surface area contributed by atoms with Gasteiger partial charge in [0.25, 0.3) is 0 Å². The van der Waals surface area contributed by atoms with E-state index in [1.54, 1.807) is 0 Å². The summed E-state index contributed by atoms with van der Waals surface area (Å²) in [5.41, 5.74) is 1.11. The van der Waals surface area contributed by atoms with Gasteiger partial charge in [-0.25, -0.2) is 0 Å². The quantitative estimate of drug-likeness (QED) is 0.422. The van der Waals surface area contributed by atoms with E-state index in [2.05, 4.69) is 48.5 Å². The second-order valence-corrected chi connectivity index (χ2v) is 7.62. The van der Waals surface area contributed by atoms with Crippen LogP contribution in [0.1, 0.15) is 115 Å². The van der Waals surface area contributed by atoms with Gasteiger partial charge in [-0.05, 0) is 29.6 Å². The summed E-state index contributed by atoms with van der Waals surface area (Å²) in [6, 6.07) is 0. The molecular formula is C20H46. The molecule has 0 atom stereocenters. The maximum absolute atomic E-state index is 2.38. The first-order chi connectivity index (χ1) is 9.17. The van der Waals surface area contributed by atoms with E-state index in [0.29, 0.717) is 10.8 Å². The Labute approximate surface area is 132 Å². The van der Waals surface area contributed by atoms with E-state index in [1.807, 2.05) is 27.7 Å². The molecule has 0 heteroatoms. The molecule has 0 heterocycles. The molecule has 1 fully saturated rings. The van der Waals surface area contributed by atoms with Crippen LogP contribution in [0.2, 0.25) is 0 Å². The molecule has 0 radical (unpaired) electrons. The maximum Gasteiger partial charge on any atom is -0.0354 e. The fourth-order valence-electron chi connectivity index (χ4n) is 1.97. The zero-order valence-electron chi connectivity index (χ0n) is 16.8. The van der Waals surface area contributed by atoms with Crippen LogP contribution in [0.3, 0.4) is 0 Å². The van der Waals surface area contributed by atoms with Gasteiger partial charge in [-0.15, -0.1) is 0 Å². The average Bonchev–Trinajstić information content (AvgIpc) is 2.43. The molecule has 0 saturated heterocycles. The Kier molecular flexibility index (Phi) is 17.4.